The topological polar surface area (TPSA) is 55.1 Å². The fraction of sp³-hybridized carbons (Fsp3) is 0. The normalized spacial score (nSPS) is 10.3. The third-order valence-electron chi connectivity index (χ3n) is 3.28. The molecule has 4 heteroatoms. The Bertz CT molecular complexity index is 804. The van der Waals surface area contributed by atoms with Crippen LogP contribution in [0.25, 0.3) is 0 Å². The summed E-state index contributed by atoms with van der Waals surface area (Å²) in [5.74, 6) is -0.204. The molecule has 3 nitrogen and oxygen atoms in total. The number of rotatable bonds is 4. The summed E-state index contributed by atoms with van der Waals surface area (Å²) in [6.07, 6.45) is 0. The van der Waals surface area contributed by atoms with Crippen LogP contribution < -0.4 is 11.1 Å². The van der Waals surface area contributed by atoms with Crippen LogP contribution in [0.2, 0.25) is 0 Å². The van der Waals surface area contributed by atoms with E-state index >= 15 is 0 Å². The standard InChI is InChI=1S/C19H16N2OS/c20-18-13-16(23-15-9-5-2-6-10-15)11-12-17(18)19(22)21-14-7-3-1-4-8-14/h1-13H,20H2,(H,21,22). The Labute approximate surface area is 139 Å². The quantitative estimate of drug-likeness (QED) is 0.687. The predicted octanol–water partition coefficient (Wildman–Crippen LogP) is 4.67. The zero-order valence-electron chi connectivity index (χ0n) is 12.4. The van der Waals surface area contributed by atoms with Gasteiger partial charge in [0.15, 0.2) is 0 Å². The van der Waals surface area contributed by atoms with Gasteiger partial charge in [0.1, 0.15) is 0 Å². The molecule has 0 saturated carbocycles. The molecule has 3 rings (SSSR count). The maximum Gasteiger partial charge on any atom is 0.257 e. The minimum atomic E-state index is -0.204. The van der Waals surface area contributed by atoms with E-state index in [9.17, 15) is 4.79 Å². The molecule has 3 aromatic rings. The number of hydrogen-bond acceptors (Lipinski definition) is 3. The molecule has 3 N–H and O–H groups in total. The first-order chi connectivity index (χ1) is 11.2. The van der Waals surface area contributed by atoms with Gasteiger partial charge in [-0.3, -0.25) is 4.79 Å². The van der Waals surface area contributed by atoms with Gasteiger partial charge in [-0.25, -0.2) is 0 Å². The van der Waals surface area contributed by atoms with Crippen molar-refractivity contribution in [1.29, 1.82) is 0 Å². The summed E-state index contributed by atoms with van der Waals surface area (Å²) in [5, 5.41) is 2.84. The predicted molar refractivity (Wildman–Crippen MR) is 95.8 cm³/mol. The van der Waals surface area contributed by atoms with Crippen LogP contribution in [0.1, 0.15) is 10.4 Å². The molecule has 0 heterocycles. The van der Waals surface area contributed by atoms with E-state index in [4.69, 9.17) is 5.73 Å². The average Bonchev–Trinajstić information content (AvgIpc) is 2.57. The molecular weight excluding hydrogens is 304 g/mol. The van der Waals surface area contributed by atoms with E-state index < -0.39 is 0 Å². The first-order valence-corrected chi connectivity index (χ1v) is 8.03. The van der Waals surface area contributed by atoms with Crippen LogP contribution in [0.3, 0.4) is 0 Å². The van der Waals surface area contributed by atoms with Gasteiger partial charge in [0.25, 0.3) is 5.91 Å². The van der Waals surface area contributed by atoms with Gasteiger partial charge < -0.3 is 11.1 Å². The van der Waals surface area contributed by atoms with Gasteiger partial charge >= 0.3 is 0 Å². The van der Waals surface area contributed by atoms with Gasteiger partial charge in [-0.05, 0) is 42.5 Å². The van der Waals surface area contributed by atoms with Gasteiger partial charge in [-0.1, -0.05) is 48.2 Å². The zero-order valence-corrected chi connectivity index (χ0v) is 13.2. The summed E-state index contributed by atoms with van der Waals surface area (Å²) < 4.78 is 0. The number of carbonyl (C=O) groups is 1. The fourth-order valence-electron chi connectivity index (χ4n) is 2.16. The first-order valence-electron chi connectivity index (χ1n) is 7.21. The Balaban J connectivity index is 1.75. The van der Waals surface area contributed by atoms with Crippen molar-refractivity contribution in [3.05, 3.63) is 84.4 Å². The summed E-state index contributed by atoms with van der Waals surface area (Å²) in [6, 6.07) is 24.9. The van der Waals surface area contributed by atoms with E-state index in [0.29, 0.717) is 11.3 Å². The number of nitrogens with two attached hydrogens (primary N) is 1. The molecule has 1 amide bonds. The van der Waals surface area contributed by atoms with Crippen molar-refractivity contribution in [3.63, 3.8) is 0 Å². The van der Waals surface area contributed by atoms with Crippen LogP contribution in [0, 0.1) is 0 Å². The first kappa shape index (κ1) is 15.2. The van der Waals surface area contributed by atoms with Crippen LogP contribution in [0.15, 0.2) is 88.7 Å². The number of anilines is 2. The second kappa shape index (κ2) is 7.03. The summed E-state index contributed by atoms with van der Waals surface area (Å²) in [4.78, 5) is 14.4. The monoisotopic (exact) mass is 320 g/mol. The third kappa shape index (κ3) is 3.93. The van der Waals surface area contributed by atoms with Crippen molar-refractivity contribution in [1.82, 2.24) is 0 Å². The lowest BCUT2D eigenvalue weighted by molar-refractivity contribution is 0.102. The highest BCUT2D eigenvalue weighted by molar-refractivity contribution is 7.99. The average molecular weight is 320 g/mol. The van der Waals surface area contributed by atoms with E-state index in [1.54, 1.807) is 17.8 Å². The number of amides is 1. The summed E-state index contributed by atoms with van der Waals surface area (Å²) in [7, 11) is 0. The summed E-state index contributed by atoms with van der Waals surface area (Å²) in [5.41, 5.74) is 7.75. The van der Waals surface area contributed by atoms with Crippen molar-refractivity contribution in [2.24, 2.45) is 0 Å². The molecule has 0 atom stereocenters. The highest BCUT2D eigenvalue weighted by atomic mass is 32.2. The van der Waals surface area contributed by atoms with Crippen LogP contribution in [0.4, 0.5) is 11.4 Å². The Morgan fingerprint density at radius 3 is 2.13 bits per heavy atom. The number of hydrogen-bond donors (Lipinski definition) is 2. The molecule has 0 aliphatic carbocycles. The molecule has 0 aliphatic rings. The van der Waals surface area contributed by atoms with Gasteiger partial charge in [0.2, 0.25) is 0 Å². The molecule has 0 unspecified atom stereocenters. The van der Waals surface area contributed by atoms with E-state index in [2.05, 4.69) is 5.32 Å². The van der Waals surface area contributed by atoms with Crippen molar-refractivity contribution in [2.75, 3.05) is 11.1 Å². The van der Waals surface area contributed by atoms with Gasteiger partial charge in [-0.2, -0.15) is 0 Å². The maximum absolute atomic E-state index is 12.3. The third-order valence-corrected chi connectivity index (χ3v) is 4.28. The molecule has 114 valence electrons. The molecule has 23 heavy (non-hydrogen) atoms. The van der Waals surface area contributed by atoms with Crippen molar-refractivity contribution in [3.8, 4) is 0 Å². The maximum atomic E-state index is 12.3. The molecule has 0 bridgehead atoms. The lowest BCUT2D eigenvalue weighted by Gasteiger charge is -2.09. The van der Waals surface area contributed by atoms with Gasteiger partial charge in [0.05, 0.1) is 5.56 Å². The molecule has 0 fully saturated rings. The second-order valence-corrected chi connectivity index (χ2v) is 6.13. The Morgan fingerprint density at radius 2 is 1.48 bits per heavy atom. The number of para-hydroxylation sites is 1. The van der Waals surface area contributed by atoms with Crippen molar-refractivity contribution in [2.45, 2.75) is 9.79 Å². The lowest BCUT2D eigenvalue weighted by atomic mass is 10.1. The molecule has 0 spiro atoms. The fourth-order valence-corrected chi connectivity index (χ4v) is 3.04. The molecule has 0 aliphatic heterocycles. The van der Waals surface area contributed by atoms with Gasteiger partial charge in [-0.15, -0.1) is 0 Å². The lowest BCUT2D eigenvalue weighted by Crippen LogP contribution is -2.13. The Morgan fingerprint density at radius 1 is 0.826 bits per heavy atom. The molecule has 0 radical (unpaired) electrons. The summed E-state index contributed by atoms with van der Waals surface area (Å²) in [6.45, 7) is 0. The molecular formula is C19H16N2OS. The van der Waals surface area contributed by atoms with Crippen LogP contribution in [0.5, 0.6) is 0 Å². The molecule has 0 aromatic heterocycles. The largest absolute Gasteiger partial charge is 0.398 e. The second-order valence-electron chi connectivity index (χ2n) is 4.98. The van der Waals surface area contributed by atoms with E-state index in [1.807, 2.05) is 72.8 Å². The number of carbonyl (C=O) groups excluding carboxylic acids is 1. The van der Waals surface area contributed by atoms with E-state index in [1.165, 1.54) is 0 Å². The highest BCUT2D eigenvalue weighted by Gasteiger charge is 2.11. The Kier molecular flexibility index (Phi) is 4.64. The molecule has 0 saturated heterocycles. The summed E-state index contributed by atoms with van der Waals surface area (Å²) >= 11 is 1.61. The van der Waals surface area contributed by atoms with Crippen molar-refractivity contribution >= 4 is 29.0 Å². The number of benzene rings is 3. The van der Waals surface area contributed by atoms with Crippen molar-refractivity contribution < 1.29 is 4.79 Å². The van der Waals surface area contributed by atoms with Crippen LogP contribution >= 0.6 is 11.8 Å². The van der Waals surface area contributed by atoms with Crippen LogP contribution in [-0.4, -0.2) is 5.91 Å². The van der Waals surface area contributed by atoms with Gasteiger partial charge in [0, 0.05) is 21.2 Å². The zero-order chi connectivity index (χ0) is 16.1. The highest BCUT2D eigenvalue weighted by Crippen LogP contribution is 2.30. The minimum Gasteiger partial charge on any atom is -0.398 e. The SMILES string of the molecule is Nc1cc(Sc2ccccc2)ccc1C(=O)Nc1ccccc1. The van der Waals surface area contributed by atoms with Crippen LogP contribution in [-0.2, 0) is 0 Å². The number of nitrogens with one attached hydrogen (secondary N) is 1. The molecule has 3 aromatic carbocycles. The number of nitrogen functional groups attached to an aromatic ring is 1. The smallest absolute Gasteiger partial charge is 0.257 e. The van der Waals surface area contributed by atoms with E-state index in [0.717, 1.165) is 15.5 Å². The van der Waals surface area contributed by atoms with E-state index in [-0.39, 0.29) is 5.91 Å². The Hall–Kier alpha value is -2.72. The minimum absolute atomic E-state index is 0.204.